The van der Waals surface area contributed by atoms with E-state index in [1.165, 1.54) is 23.1 Å². The van der Waals surface area contributed by atoms with Gasteiger partial charge in [0.15, 0.2) is 0 Å². The molecule has 1 aliphatic heterocycles. The summed E-state index contributed by atoms with van der Waals surface area (Å²) in [6.07, 6.45) is 0.952. The van der Waals surface area contributed by atoms with E-state index in [-0.39, 0.29) is 16.9 Å². The Hall–Kier alpha value is -2.64. The molecule has 0 aromatic heterocycles. The predicted molar refractivity (Wildman–Crippen MR) is 69.2 cm³/mol. The number of para-hydroxylation sites is 1. The Kier molecular flexibility index (Phi) is 3.55. The summed E-state index contributed by atoms with van der Waals surface area (Å²) in [5.74, 6) is -1.67. The molecular weight excluding hydrogens is 266 g/mol. The van der Waals surface area contributed by atoms with Gasteiger partial charge in [0.1, 0.15) is 11.7 Å². The number of likely N-dealkylation sites (tertiary alicyclic amines) is 1. The zero-order valence-corrected chi connectivity index (χ0v) is 10.5. The molecule has 8 nitrogen and oxygen atoms in total. The van der Waals surface area contributed by atoms with Crippen LogP contribution in [0, 0.1) is 10.1 Å². The largest absolute Gasteiger partial charge is 0.480 e. The fourth-order valence-corrected chi connectivity index (χ4v) is 2.32. The van der Waals surface area contributed by atoms with Crippen molar-refractivity contribution in [2.45, 2.75) is 18.9 Å². The van der Waals surface area contributed by atoms with Crippen LogP contribution in [0.3, 0.4) is 0 Å². The van der Waals surface area contributed by atoms with Crippen LogP contribution in [0.5, 0.6) is 0 Å². The van der Waals surface area contributed by atoms with Crippen LogP contribution in [-0.4, -0.2) is 39.4 Å². The molecule has 1 saturated heterocycles. The predicted octanol–water partition coefficient (Wildman–Crippen LogP) is 0.866. The van der Waals surface area contributed by atoms with E-state index in [9.17, 15) is 19.7 Å². The van der Waals surface area contributed by atoms with E-state index in [0.29, 0.717) is 19.4 Å². The van der Waals surface area contributed by atoms with Crippen molar-refractivity contribution < 1.29 is 19.6 Å². The molecule has 1 amide bonds. The van der Waals surface area contributed by atoms with E-state index in [1.54, 1.807) is 0 Å². The average Bonchev–Trinajstić information content (AvgIpc) is 2.87. The molecule has 1 aromatic carbocycles. The number of nitro benzene ring substituents is 1. The monoisotopic (exact) mass is 279 g/mol. The molecule has 20 heavy (non-hydrogen) atoms. The maximum atomic E-state index is 12.3. The smallest absolute Gasteiger partial charge is 0.326 e. The second-order valence-corrected chi connectivity index (χ2v) is 4.49. The number of nitrogens with two attached hydrogens (primary N) is 1. The van der Waals surface area contributed by atoms with Gasteiger partial charge < -0.3 is 15.7 Å². The standard InChI is InChI=1S/C12H13N3O5/c13-10-7(3-1-4-8(10)15(19)20)11(16)14-6-2-5-9(14)12(17)18/h1,3-4,9H,2,5-6,13H2,(H,17,18)/t9-/m1/s1. The minimum atomic E-state index is -1.08. The number of carbonyl (C=O) groups is 2. The number of aliphatic carboxylic acids is 1. The van der Waals surface area contributed by atoms with Gasteiger partial charge in [-0.3, -0.25) is 14.9 Å². The summed E-state index contributed by atoms with van der Waals surface area (Å²) >= 11 is 0. The Labute approximate surface area is 113 Å². The first-order valence-electron chi connectivity index (χ1n) is 6.00. The lowest BCUT2D eigenvalue weighted by molar-refractivity contribution is -0.383. The van der Waals surface area contributed by atoms with Gasteiger partial charge in [-0.1, -0.05) is 6.07 Å². The quantitative estimate of drug-likeness (QED) is 0.480. The maximum absolute atomic E-state index is 12.3. The molecule has 8 heteroatoms. The zero-order chi connectivity index (χ0) is 14.9. The van der Waals surface area contributed by atoms with Gasteiger partial charge in [-0.25, -0.2) is 4.79 Å². The number of rotatable bonds is 3. The number of amides is 1. The van der Waals surface area contributed by atoms with E-state index in [0.717, 1.165) is 0 Å². The molecule has 0 aliphatic carbocycles. The Morgan fingerprint density at radius 3 is 2.75 bits per heavy atom. The fraction of sp³-hybridized carbons (Fsp3) is 0.333. The lowest BCUT2D eigenvalue weighted by Gasteiger charge is -2.21. The zero-order valence-electron chi connectivity index (χ0n) is 10.5. The van der Waals surface area contributed by atoms with Gasteiger partial charge >= 0.3 is 5.97 Å². The van der Waals surface area contributed by atoms with Crippen molar-refractivity contribution in [3.63, 3.8) is 0 Å². The number of nitrogens with zero attached hydrogens (tertiary/aromatic N) is 2. The second-order valence-electron chi connectivity index (χ2n) is 4.49. The molecule has 3 N–H and O–H groups in total. The molecule has 0 bridgehead atoms. The van der Waals surface area contributed by atoms with Gasteiger partial charge in [0.25, 0.3) is 11.6 Å². The van der Waals surface area contributed by atoms with Crippen molar-refractivity contribution in [2.75, 3.05) is 12.3 Å². The Morgan fingerprint density at radius 2 is 2.15 bits per heavy atom. The third-order valence-electron chi connectivity index (χ3n) is 3.31. The molecule has 1 fully saturated rings. The highest BCUT2D eigenvalue weighted by molar-refractivity contribution is 6.02. The molecule has 1 atom stereocenters. The average molecular weight is 279 g/mol. The van der Waals surface area contributed by atoms with Gasteiger partial charge in [-0.2, -0.15) is 0 Å². The van der Waals surface area contributed by atoms with Crippen molar-refractivity contribution in [1.82, 2.24) is 4.90 Å². The SMILES string of the molecule is Nc1c(C(=O)N2CCC[C@@H]2C(=O)O)cccc1[N+](=O)[O-]. The van der Waals surface area contributed by atoms with E-state index < -0.39 is 22.8 Å². The van der Waals surface area contributed by atoms with E-state index in [2.05, 4.69) is 0 Å². The summed E-state index contributed by atoms with van der Waals surface area (Å²) in [5.41, 5.74) is 5.01. The van der Waals surface area contributed by atoms with Crippen LogP contribution in [0.1, 0.15) is 23.2 Å². The first-order chi connectivity index (χ1) is 9.43. The van der Waals surface area contributed by atoms with Gasteiger partial charge in [-0.05, 0) is 18.9 Å². The lowest BCUT2D eigenvalue weighted by Crippen LogP contribution is -2.40. The molecule has 0 spiro atoms. The van der Waals surface area contributed by atoms with E-state index in [4.69, 9.17) is 10.8 Å². The fourth-order valence-electron chi connectivity index (χ4n) is 2.32. The minimum absolute atomic E-state index is 0.0349. The van der Waals surface area contributed by atoms with Crippen molar-refractivity contribution in [1.29, 1.82) is 0 Å². The molecule has 0 unspecified atom stereocenters. The molecule has 2 rings (SSSR count). The van der Waals surface area contributed by atoms with Crippen LogP contribution in [0.2, 0.25) is 0 Å². The van der Waals surface area contributed by atoms with Gasteiger partial charge in [-0.15, -0.1) is 0 Å². The topological polar surface area (TPSA) is 127 Å². The highest BCUT2D eigenvalue weighted by Crippen LogP contribution is 2.28. The number of carbonyl (C=O) groups excluding carboxylic acids is 1. The first-order valence-corrected chi connectivity index (χ1v) is 6.00. The Balaban J connectivity index is 2.37. The van der Waals surface area contributed by atoms with Crippen molar-refractivity contribution in [3.05, 3.63) is 33.9 Å². The van der Waals surface area contributed by atoms with Crippen LogP contribution < -0.4 is 5.73 Å². The number of nitro groups is 1. The normalized spacial score (nSPS) is 18.0. The Bertz CT molecular complexity index is 586. The number of hydrogen-bond donors (Lipinski definition) is 2. The van der Waals surface area contributed by atoms with Crippen molar-refractivity contribution in [2.24, 2.45) is 0 Å². The summed E-state index contributed by atoms with van der Waals surface area (Å²) in [4.78, 5) is 34.7. The number of nitrogen functional groups attached to an aromatic ring is 1. The molecule has 1 aromatic rings. The van der Waals surface area contributed by atoms with Gasteiger partial charge in [0.2, 0.25) is 0 Å². The number of carboxylic acids is 1. The number of carboxylic acid groups (broad SMARTS) is 1. The molecule has 1 aliphatic rings. The van der Waals surface area contributed by atoms with Crippen molar-refractivity contribution in [3.8, 4) is 0 Å². The summed E-state index contributed by atoms with van der Waals surface area (Å²) in [6.45, 7) is 0.304. The van der Waals surface area contributed by atoms with Crippen LogP contribution in [0.25, 0.3) is 0 Å². The Morgan fingerprint density at radius 1 is 1.45 bits per heavy atom. The van der Waals surface area contributed by atoms with Crippen molar-refractivity contribution >= 4 is 23.3 Å². The van der Waals surface area contributed by atoms with Crippen LogP contribution >= 0.6 is 0 Å². The number of hydrogen-bond acceptors (Lipinski definition) is 5. The molecule has 0 radical (unpaired) electrons. The van der Waals surface area contributed by atoms with Crippen LogP contribution in [0.15, 0.2) is 18.2 Å². The molecule has 0 saturated carbocycles. The van der Waals surface area contributed by atoms with Crippen LogP contribution in [0.4, 0.5) is 11.4 Å². The molecular formula is C12H13N3O5. The second kappa shape index (κ2) is 5.16. The number of benzene rings is 1. The van der Waals surface area contributed by atoms with Gasteiger partial charge in [0, 0.05) is 12.6 Å². The first kappa shape index (κ1) is 13.8. The lowest BCUT2D eigenvalue weighted by atomic mass is 10.1. The van der Waals surface area contributed by atoms with Crippen LogP contribution in [-0.2, 0) is 4.79 Å². The maximum Gasteiger partial charge on any atom is 0.326 e. The molecule has 106 valence electrons. The third kappa shape index (κ3) is 2.27. The summed E-state index contributed by atoms with van der Waals surface area (Å²) < 4.78 is 0. The summed E-state index contributed by atoms with van der Waals surface area (Å²) in [5, 5.41) is 19.9. The number of anilines is 1. The summed E-state index contributed by atoms with van der Waals surface area (Å²) in [6, 6.07) is 3.02. The highest BCUT2D eigenvalue weighted by Gasteiger charge is 2.35. The minimum Gasteiger partial charge on any atom is -0.480 e. The van der Waals surface area contributed by atoms with E-state index >= 15 is 0 Å². The highest BCUT2D eigenvalue weighted by atomic mass is 16.6. The third-order valence-corrected chi connectivity index (χ3v) is 3.31. The molecule has 1 heterocycles. The summed E-state index contributed by atoms with van der Waals surface area (Å²) in [7, 11) is 0. The van der Waals surface area contributed by atoms with Gasteiger partial charge in [0.05, 0.1) is 10.5 Å². The van der Waals surface area contributed by atoms with E-state index in [1.807, 2.05) is 0 Å².